The van der Waals surface area contributed by atoms with Crippen LogP contribution in [0.2, 0.25) is 0 Å². The smallest absolute Gasteiger partial charge is 0.410 e. The van der Waals surface area contributed by atoms with Crippen molar-refractivity contribution in [1.82, 2.24) is 9.62 Å². The lowest BCUT2D eigenvalue weighted by Crippen LogP contribution is -2.64. The van der Waals surface area contributed by atoms with E-state index in [0.29, 0.717) is 11.3 Å². The zero-order valence-corrected chi connectivity index (χ0v) is 23.5. The number of sulfonamides is 1. The van der Waals surface area contributed by atoms with Gasteiger partial charge in [-0.15, -0.1) is 0 Å². The third-order valence-corrected chi connectivity index (χ3v) is 8.25. The molecule has 0 radical (unpaired) electrons. The summed E-state index contributed by atoms with van der Waals surface area (Å²) in [6, 6.07) is 18.8. The second kappa shape index (κ2) is 12.6. The van der Waals surface area contributed by atoms with Crippen molar-refractivity contribution in [3.63, 3.8) is 0 Å². The van der Waals surface area contributed by atoms with Crippen molar-refractivity contribution < 1.29 is 46.5 Å². The fraction of sp³-hybridized carbons (Fsp3) is 0.276. The van der Waals surface area contributed by atoms with Gasteiger partial charge in [-0.3, -0.25) is 4.79 Å². The molecule has 4 rings (SSSR count). The Morgan fingerprint density at radius 2 is 1.67 bits per heavy atom. The van der Waals surface area contributed by atoms with Crippen LogP contribution >= 0.6 is 0 Å². The number of carboxylic acids is 1. The maximum atomic E-state index is 13.6. The van der Waals surface area contributed by atoms with E-state index < -0.39 is 51.8 Å². The summed E-state index contributed by atoms with van der Waals surface area (Å²) in [5.41, 5.74) is 0.0696. The molecule has 3 aromatic rings. The molecular weight excluding hydrogens is 571 g/mol. The molecule has 11 nitrogen and oxygen atoms in total. The highest BCUT2D eigenvalue weighted by atomic mass is 32.2. The number of carbonyl (C=O) groups excluding carboxylic acids is 2. The quantitative estimate of drug-likeness (QED) is 0.249. The van der Waals surface area contributed by atoms with Crippen LogP contribution in [0.25, 0.3) is 0 Å². The molecule has 0 saturated carbocycles. The molecule has 13 heteroatoms. The minimum Gasteiger partial charge on any atom is -0.480 e. The van der Waals surface area contributed by atoms with Gasteiger partial charge in [-0.2, -0.15) is 4.31 Å². The van der Waals surface area contributed by atoms with Crippen molar-refractivity contribution in [3.05, 3.63) is 95.8 Å². The van der Waals surface area contributed by atoms with Crippen LogP contribution in [0, 0.1) is 5.82 Å². The molecular formula is C29H29FN2O9S. The topological polar surface area (TPSA) is 149 Å². The van der Waals surface area contributed by atoms with Gasteiger partial charge in [-0.25, -0.2) is 22.4 Å². The highest BCUT2D eigenvalue weighted by Crippen LogP contribution is 2.40. The van der Waals surface area contributed by atoms with E-state index in [-0.39, 0.29) is 24.4 Å². The molecule has 1 saturated heterocycles. The maximum absolute atomic E-state index is 13.6. The fourth-order valence-electron chi connectivity index (χ4n) is 4.47. The Labute approximate surface area is 241 Å². The largest absolute Gasteiger partial charge is 0.480 e. The summed E-state index contributed by atoms with van der Waals surface area (Å²) in [4.78, 5) is 34.8. The van der Waals surface area contributed by atoms with Gasteiger partial charge in [0.15, 0.2) is 5.60 Å². The normalized spacial score (nSPS) is 15.9. The van der Waals surface area contributed by atoms with Crippen molar-refractivity contribution in [2.75, 3.05) is 13.1 Å². The van der Waals surface area contributed by atoms with E-state index in [1.54, 1.807) is 0 Å². The molecule has 1 amide bonds. The molecule has 0 bridgehead atoms. The number of aliphatic carboxylic acids is 1. The van der Waals surface area contributed by atoms with Crippen LogP contribution in [0.15, 0.2) is 83.8 Å². The van der Waals surface area contributed by atoms with Crippen LogP contribution in [0.4, 0.5) is 9.18 Å². The van der Waals surface area contributed by atoms with Gasteiger partial charge in [0.05, 0.1) is 18.0 Å². The zero-order valence-electron chi connectivity index (χ0n) is 22.7. The first-order valence-corrected chi connectivity index (χ1v) is 14.3. The van der Waals surface area contributed by atoms with Gasteiger partial charge in [0.25, 0.3) is 0 Å². The van der Waals surface area contributed by atoms with Crippen molar-refractivity contribution in [1.29, 1.82) is 0 Å². The molecule has 1 fully saturated rings. The number of alkyl carbamates (subject to hydrolysis) is 1. The molecule has 42 heavy (non-hydrogen) atoms. The number of nitrogens with zero attached hydrogens (tertiary/aromatic N) is 1. The van der Waals surface area contributed by atoms with Crippen LogP contribution in [-0.4, -0.2) is 61.3 Å². The first kappa shape index (κ1) is 30.5. The number of hydrogen-bond acceptors (Lipinski definition) is 8. The molecule has 222 valence electrons. The Kier molecular flexibility index (Phi) is 9.12. The van der Waals surface area contributed by atoms with Gasteiger partial charge in [0.1, 0.15) is 17.6 Å². The summed E-state index contributed by atoms with van der Waals surface area (Å²) in [6.07, 6.45) is -2.62. The number of carboxylic acid groups (broad SMARTS) is 1. The Balaban J connectivity index is 1.49. The summed E-state index contributed by atoms with van der Waals surface area (Å²) in [5.74, 6) is -2.11. The Bertz CT molecular complexity index is 1540. The molecule has 1 heterocycles. The molecule has 1 aliphatic rings. The zero-order chi connectivity index (χ0) is 30.5. The van der Waals surface area contributed by atoms with E-state index in [9.17, 15) is 32.3 Å². The average Bonchev–Trinajstić information content (AvgIpc) is 2.91. The number of nitrogens with one attached hydrogen (secondary N) is 1. The number of ether oxygens (including phenoxy) is 3. The molecule has 0 aliphatic carbocycles. The van der Waals surface area contributed by atoms with E-state index in [2.05, 4.69) is 10.1 Å². The van der Waals surface area contributed by atoms with Crippen molar-refractivity contribution in [2.24, 2.45) is 0 Å². The molecule has 1 unspecified atom stereocenters. The van der Waals surface area contributed by atoms with Crippen molar-refractivity contribution >= 4 is 28.1 Å². The number of halogens is 1. The first-order chi connectivity index (χ1) is 19.9. The van der Waals surface area contributed by atoms with E-state index in [4.69, 9.17) is 9.47 Å². The Morgan fingerprint density at radius 3 is 2.29 bits per heavy atom. The number of amides is 1. The molecule has 2 N–H and O–H groups in total. The predicted octanol–water partition coefficient (Wildman–Crippen LogP) is 3.44. The second-order valence-electron chi connectivity index (χ2n) is 9.66. The summed E-state index contributed by atoms with van der Waals surface area (Å²) in [5, 5.41) is 11.8. The van der Waals surface area contributed by atoms with Crippen molar-refractivity contribution in [2.45, 2.75) is 43.1 Å². The van der Waals surface area contributed by atoms with E-state index >= 15 is 0 Å². The van der Waals surface area contributed by atoms with Gasteiger partial charge in [-0.05, 0) is 47.5 Å². The monoisotopic (exact) mass is 600 g/mol. The molecule has 3 aromatic carbocycles. The first-order valence-electron chi connectivity index (χ1n) is 12.8. The molecule has 2 atom stereocenters. The minimum absolute atomic E-state index is 0.0212. The lowest BCUT2D eigenvalue weighted by molar-refractivity contribution is -0.162. The molecule has 1 aliphatic heterocycles. The van der Waals surface area contributed by atoms with Gasteiger partial charge in [0, 0.05) is 20.3 Å². The lowest BCUT2D eigenvalue weighted by Gasteiger charge is -2.48. The van der Waals surface area contributed by atoms with Gasteiger partial charge >= 0.3 is 18.0 Å². The summed E-state index contributed by atoms with van der Waals surface area (Å²) >= 11 is 0. The van der Waals surface area contributed by atoms with E-state index in [1.807, 2.05) is 30.3 Å². The average molecular weight is 601 g/mol. The number of esters is 1. The van der Waals surface area contributed by atoms with Crippen LogP contribution in [0.1, 0.15) is 25.0 Å². The summed E-state index contributed by atoms with van der Waals surface area (Å²) in [7, 11) is -4.02. The second-order valence-corrected chi connectivity index (χ2v) is 11.6. The van der Waals surface area contributed by atoms with Crippen LogP contribution < -0.4 is 10.1 Å². The lowest BCUT2D eigenvalue weighted by atomic mass is 9.87. The van der Waals surface area contributed by atoms with Gasteiger partial charge in [0.2, 0.25) is 16.3 Å². The number of rotatable bonds is 11. The SMILES string of the molecule is CC(=O)OC(C)OC(=O)N[C@@H](Cc1cccc(S(=O)(=O)N2CC(Oc3ccc(F)cc3)(c3ccccc3)C2)c1)C(=O)O. The van der Waals surface area contributed by atoms with Gasteiger partial charge < -0.3 is 24.6 Å². The highest BCUT2D eigenvalue weighted by Gasteiger charge is 2.52. The highest BCUT2D eigenvalue weighted by molar-refractivity contribution is 7.89. The van der Waals surface area contributed by atoms with Crippen LogP contribution in [0.5, 0.6) is 5.75 Å². The maximum Gasteiger partial charge on any atom is 0.410 e. The predicted molar refractivity (Wildman–Crippen MR) is 146 cm³/mol. The minimum atomic E-state index is -4.02. The van der Waals surface area contributed by atoms with Crippen LogP contribution in [0.3, 0.4) is 0 Å². The Hall–Kier alpha value is -4.49. The van der Waals surface area contributed by atoms with E-state index in [1.165, 1.54) is 59.8 Å². The summed E-state index contributed by atoms with van der Waals surface area (Å²) in [6.45, 7) is 2.37. The fourth-order valence-corrected chi connectivity index (χ4v) is 6.08. The summed E-state index contributed by atoms with van der Waals surface area (Å²) < 4.78 is 57.5. The van der Waals surface area contributed by atoms with Crippen molar-refractivity contribution in [3.8, 4) is 5.75 Å². The molecule has 0 aromatic heterocycles. The van der Waals surface area contributed by atoms with Crippen LogP contribution in [-0.2, 0) is 41.1 Å². The van der Waals surface area contributed by atoms with E-state index in [0.717, 1.165) is 12.5 Å². The van der Waals surface area contributed by atoms with Gasteiger partial charge in [-0.1, -0.05) is 42.5 Å². The third-order valence-electron chi connectivity index (χ3n) is 6.46. The number of benzene rings is 3. The third kappa shape index (κ3) is 7.22. The Morgan fingerprint density at radius 1 is 1.00 bits per heavy atom. The standard InChI is InChI=1S/C29H29FN2O9S/c1-19(33)39-20(2)40-28(36)31-26(27(34)35)16-21-7-6-10-25(15-21)42(37,38)32-17-29(18-32,22-8-4-3-5-9-22)41-24-13-11-23(30)12-14-24/h3-15,20,26H,16-18H2,1-2H3,(H,31,36)(H,34,35)/t20?,26-/m0/s1. The number of carbonyl (C=O) groups is 3. The molecule has 0 spiro atoms. The number of hydrogen-bond donors (Lipinski definition) is 2.